The summed E-state index contributed by atoms with van der Waals surface area (Å²) in [7, 11) is 0. The molecule has 30 heavy (non-hydrogen) atoms. The third kappa shape index (κ3) is 9.94. The van der Waals surface area contributed by atoms with Gasteiger partial charge >= 0.3 is 5.97 Å². The number of rotatable bonds is 17. The molecule has 6 nitrogen and oxygen atoms in total. The van der Waals surface area contributed by atoms with E-state index in [9.17, 15) is 9.59 Å². The molecule has 0 fully saturated rings. The van der Waals surface area contributed by atoms with E-state index in [-0.39, 0.29) is 11.8 Å². The fraction of sp³-hybridized carbons (Fsp3) is 0.652. The first kappa shape index (κ1) is 26.4. The zero-order valence-electron chi connectivity index (χ0n) is 18.5. The van der Waals surface area contributed by atoms with Gasteiger partial charge in [0.1, 0.15) is 11.5 Å². The highest BCUT2D eigenvalue weighted by atomic mass is 79.9. The van der Waals surface area contributed by atoms with Crippen LogP contribution in [0, 0.1) is 0 Å². The smallest absolute Gasteiger partial charge is 0.305 e. The van der Waals surface area contributed by atoms with E-state index in [1.165, 1.54) is 0 Å². The molecule has 0 N–H and O–H groups in total. The third-order valence-electron chi connectivity index (χ3n) is 4.29. The van der Waals surface area contributed by atoms with Gasteiger partial charge in [0.05, 0.1) is 25.4 Å². The molecule has 0 saturated heterocycles. The number of alkyl halides is 1. The summed E-state index contributed by atoms with van der Waals surface area (Å²) >= 11 is 3.38. The highest BCUT2D eigenvalue weighted by Gasteiger charge is 2.18. The summed E-state index contributed by atoms with van der Waals surface area (Å²) in [5.41, 5.74) is 1.47. The van der Waals surface area contributed by atoms with E-state index >= 15 is 0 Å². The van der Waals surface area contributed by atoms with Crippen molar-refractivity contribution in [1.29, 1.82) is 0 Å². The summed E-state index contributed by atoms with van der Waals surface area (Å²) < 4.78 is 22.5. The van der Waals surface area contributed by atoms with E-state index in [0.29, 0.717) is 56.3 Å². The van der Waals surface area contributed by atoms with Crippen molar-refractivity contribution < 1.29 is 28.5 Å². The first-order chi connectivity index (χ1) is 14.5. The van der Waals surface area contributed by atoms with Crippen LogP contribution in [0.1, 0.15) is 68.8 Å². The van der Waals surface area contributed by atoms with Crippen molar-refractivity contribution in [2.75, 3.05) is 38.4 Å². The fourth-order valence-electron chi connectivity index (χ4n) is 2.90. The Labute approximate surface area is 188 Å². The average molecular weight is 487 g/mol. The van der Waals surface area contributed by atoms with E-state index in [2.05, 4.69) is 22.9 Å². The molecule has 1 aromatic carbocycles. The summed E-state index contributed by atoms with van der Waals surface area (Å²) in [4.78, 5) is 23.6. The molecule has 0 heterocycles. The van der Waals surface area contributed by atoms with E-state index < -0.39 is 0 Å². The summed E-state index contributed by atoms with van der Waals surface area (Å²) in [6, 6.07) is 3.58. The SMILES string of the molecule is CCCc1c(OCCCC(=O)OCC)ccc(C(C)=O)c1OCCCOCCCBr. The molecule has 0 aliphatic heterocycles. The third-order valence-corrected chi connectivity index (χ3v) is 4.85. The van der Waals surface area contributed by atoms with Crippen LogP contribution >= 0.6 is 15.9 Å². The van der Waals surface area contributed by atoms with Crippen LogP contribution in [-0.4, -0.2) is 50.1 Å². The van der Waals surface area contributed by atoms with Crippen molar-refractivity contribution >= 4 is 27.7 Å². The van der Waals surface area contributed by atoms with Crippen LogP contribution in [0.25, 0.3) is 0 Å². The van der Waals surface area contributed by atoms with Gasteiger partial charge in [0.15, 0.2) is 5.78 Å². The summed E-state index contributed by atoms with van der Waals surface area (Å²) in [5.74, 6) is 1.05. The molecule has 0 bridgehead atoms. The van der Waals surface area contributed by atoms with Gasteiger partial charge in [-0.05, 0) is 45.2 Å². The average Bonchev–Trinajstić information content (AvgIpc) is 2.72. The van der Waals surface area contributed by atoms with Crippen LogP contribution < -0.4 is 9.47 Å². The number of ketones is 1. The normalized spacial score (nSPS) is 10.7. The second-order valence-corrected chi connectivity index (χ2v) is 7.63. The monoisotopic (exact) mass is 486 g/mol. The Balaban J connectivity index is 2.78. The number of carbonyl (C=O) groups is 2. The van der Waals surface area contributed by atoms with Gasteiger partial charge < -0.3 is 18.9 Å². The lowest BCUT2D eigenvalue weighted by Crippen LogP contribution is -2.11. The Morgan fingerprint density at radius 3 is 2.37 bits per heavy atom. The maximum absolute atomic E-state index is 12.1. The molecule has 0 unspecified atom stereocenters. The van der Waals surface area contributed by atoms with Crippen molar-refractivity contribution in [3.8, 4) is 11.5 Å². The highest BCUT2D eigenvalue weighted by molar-refractivity contribution is 9.09. The van der Waals surface area contributed by atoms with Gasteiger partial charge in [0.25, 0.3) is 0 Å². The van der Waals surface area contributed by atoms with Crippen molar-refractivity contribution in [3.05, 3.63) is 23.3 Å². The quantitative estimate of drug-likeness (QED) is 0.131. The second kappa shape index (κ2) is 16.1. The van der Waals surface area contributed by atoms with Crippen molar-refractivity contribution in [3.63, 3.8) is 0 Å². The van der Waals surface area contributed by atoms with Crippen LogP contribution in [0.2, 0.25) is 0 Å². The van der Waals surface area contributed by atoms with Gasteiger partial charge in [0, 0.05) is 36.9 Å². The Bertz CT molecular complexity index is 647. The number of carbonyl (C=O) groups excluding carboxylic acids is 2. The standard InChI is InChI=1S/C23H35BrO6/c1-4-9-20-21(29-16-6-10-22(26)28-5-2)12-11-19(18(3)25)23(20)30-17-8-15-27-14-7-13-24/h11-12H,4-10,13-17H2,1-3H3. The molecule has 1 rings (SSSR count). The van der Waals surface area contributed by atoms with Gasteiger partial charge in [-0.1, -0.05) is 29.3 Å². The van der Waals surface area contributed by atoms with Crippen LogP contribution in [0.15, 0.2) is 12.1 Å². The zero-order chi connectivity index (χ0) is 22.2. The molecule has 0 aromatic heterocycles. The van der Waals surface area contributed by atoms with E-state index in [4.69, 9.17) is 18.9 Å². The zero-order valence-corrected chi connectivity index (χ0v) is 20.1. The van der Waals surface area contributed by atoms with E-state index in [1.54, 1.807) is 19.9 Å². The number of benzene rings is 1. The van der Waals surface area contributed by atoms with Crippen LogP contribution in [-0.2, 0) is 20.7 Å². The summed E-state index contributed by atoms with van der Waals surface area (Å²) in [5, 5.41) is 0.929. The summed E-state index contributed by atoms with van der Waals surface area (Å²) in [6.07, 6.45) is 4.25. The van der Waals surface area contributed by atoms with Crippen LogP contribution in [0.5, 0.6) is 11.5 Å². The minimum atomic E-state index is -0.218. The maximum atomic E-state index is 12.1. The van der Waals surface area contributed by atoms with Gasteiger partial charge in [-0.3, -0.25) is 9.59 Å². The van der Waals surface area contributed by atoms with Crippen LogP contribution in [0.4, 0.5) is 0 Å². The van der Waals surface area contributed by atoms with E-state index in [0.717, 1.165) is 43.2 Å². The number of hydrogen-bond acceptors (Lipinski definition) is 6. The Morgan fingerprint density at radius 1 is 0.967 bits per heavy atom. The van der Waals surface area contributed by atoms with Crippen molar-refractivity contribution in [2.24, 2.45) is 0 Å². The molecule has 170 valence electrons. The molecule has 0 spiro atoms. The lowest BCUT2D eigenvalue weighted by atomic mass is 10.0. The first-order valence-corrected chi connectivity index (χ1v) is 11.9. The van der Waals surface area contributed by atoms with Gasteiger partial charge in [-0.25, -0.2) is 0 Å². The van der Waals surface area contributed by atoms with Gasteiger partial charge in [0.2, 0.25) is 0 Å². The van der Waals surface area contributed by atoms with E-state index in [1.807, 2.05) is 6.07 Å². The van der Waals surface area contributed by atoms with Crippen molar-refractivity contribution in [2.45, 2.75) is 59.3 Å². The lowest BCUT2D eigenvalue weighted by molar-refractivity contribution is -0.143. The predicted molar refractivity (Wildman–Crippen MR) is 121 cm³/mol. The molecule has 1 aromatic rings. The minimum Gasteiger partial charge on any atom is -0.493 e. The minimum absolute atomic E-state index is 0.0372. The molecule has 0 aliphatic carbocycles. The Morgan fingerprint density at radius 2 is 1.70 bits per heavy atom. The molecule has 0 radical (unpaired) electrons. The molecule has 0 aliphatic rings. The molecule has 0 saturated carbocycles. The first-order valence-electron chi connectivity index (χ1n) is 10.8. The molecule has 0 atom stereocenters. The molecular formula is C23H35BrO6. The number of ether oxygens (including phenoxy) is 4. The largest absolute Gasteiger partial charge is 0.493 e. The van der Waals surface area contributed by atoms with Crippen molar-refractivity contribution in [1.82, 2.24) is 0 Å². The maximum Gasteiger partial charge on any atom is 0.305 e. The van der Waals surface area contributed by atoms with Crippen LogP contribution in [0.3, 0.4) is 0 Å². The highest BCUT2D eigenvalue weighted by Crippen LogP contribution is 2.34. The van der Waals surface area contributed by atoms with Gasteiger partial charge in [-0.15, -0.1) is 0 Å². The number of esters is 1. The molecule has 0 amide bonds. The Hall–Kier alpha value is -1.60. The predicted octanol–water partition coefficient (Wildman–Crippen LogP) is 5.13. The summed E-state index contributed by atoms with van der Waals surface area (Å²) in [6.45, 7) is 8.00. The second-order valence-electron chi connectivity index (χ2n) is 6.84. The Kier molecular flexibility index (Phi) is 14.2. The fourth-order valence-corrected chi connectivity index (χ4v) is 3.13. The lowest BCUT2D eigenvalue weighted by Gasteiger charge is -2.19. The molecular weight excluding hydrogens is 452 g/mol. The van der Waals surface area contributed by atoms with Gasteiger partial charge in [-0.2, -0.15) is 0 Å². The molecule has 7 heteroatoms. The topological polar surface area (TPSA) is 71.1 Å². The number of Topliss-reactive ketones (excluding diaryl/α,β-unsaturated/α-hetero) is 1. The number of halogens is 1. The number of hydrogen-bond donors (Lipinski definition) is 0.